The molecule has 20 heavy (non-hydrogen) atoms. The molecule has 1 unspecified atom stereocenters. The summed E-state index contributed by atoms with van der Waals surface area (Å²) < 4.78 is 2.01. The second-order valence-corrected chi connectivity index (χ2v) is 6.00. The highest BCUT2D eigenvalue weighted by Crippen LogP contribution is 2.12. The first-order valence-corrected chi connectivity index (χ1v) is 8.17. The predicted octanol–water partition coefficient (Wildman–Crippen LogP) is 3.59. The van der Waals surface area contributed by atoms with Gasteiger partial charge in [-0.15, -0.1) is 0 Å². The van der Waals surface area contributed by atoms with Crippen LogP contribution in [-0.2, 0) is 6.42 Å². The number of rotatable bonds is 11. The number of hydrazine groups is 1. The molecular weight excluding hydrogens is 248 g/mol. The first-order chi connectivity index (χ1) is 9.67. The Kier molecular flexibility index (Phi) is 8.54. The van der Waals surface area contributed by atoms with Crippen LogP contribution in [0.2, 0.25) is 0 Å². The smallest absolute Gasteiger partial charge is 0.0640 e. The van der Waals surface area contributed by atoms with Crippen LogP contribution >= 0.6 is 0 Å². The van der Waals surface area contributed by atoms with Crippen molar-refractivity contribution in [1.29, 1.82) is 0 Å². The van der Waals surface area contributed by atoms with Crippen LogP contribution in [0.25, 0.3) is 0 Å². The fraction of sp³-hybridized carbons (Fsp3) is 0.812. The van der Waals surface area contributed by atoms with E-state index in [1.807, 2.05) is 4.68 Å². The minimum Gasteiger partial charge on any atom is -0.271 e. The SMILES string of the molecule is CCCCCCCCC(Cc1ccn(C(C)C)n1)NN. The molecule has 1 rings (SSSR count). The van der Waals surface area contributed by atoms with Crippen molar-refractivity contribution in [3.05, 3.63) is 18.0 Å². The first-order valence-electron chi connectivity index (χ1n) is 8.17. The summed E-state index contributed by atoms with van der Waals surface area (Å²) in [5, 5.41) is 4.59. The molecule has 0 aliphatic carbocycles. The Morgan fingerprint density at radius 2 is 1.90 bits per heavy atom. The molecule has 0 aliphatic rings. The first kappa shape index (κ1) is 17.2. The summed E-state index contributed by atoms with van der Waals surface area (Å²) in [6, 6.07) is 2.87. The minimum absolute atomic E-state index is 0.344. The van der Waals surface area contributed by atoms with Crippen LogP contribution in [-0.4, -0.2) is 15.8 Å². The van der Waals surface area contributed by atoms with Crippen molar-refractivity contribution < 1.29 is 0 Å². The summed E-state index contributed by atoms with van der Waals surface area (Å²) >= 11 is 0. The van der Waals surface area contributed by atoms with Crippen molar-refractivity contribution in [2.24, 2.45) is 5.84 Å². The molecule has 0 radical (unpaired) electrons. The molecule has 4 nitrogen and oxygen atoms in total. The van der Waals surface area contributed by atoms with Gasteiger partial charge in [-0.2, -0.15) is 5.10 Å². The van der Waals surface area contributed by atoms with Crippen molar-refractivity contribution in [2.45, 2.75) is 84.2 Å². The van der Waals surface area contributed by atoms with Gasteiger partial charge in [0.25, 0.3) is 0 Å². The largest absolute Gasteiger partial charge is 0.271 e. The van der Waals surface area contributed by atoms with Crippen molar-refractivity contribution in [3.8, 4) is 0 Å². The van der Waals surface area contributed by atoms with Crippen molar-refractivity contribution in [3.63, 3.8) is 0 Å². The van der Waals surface area contributed by atoms with Crippen molar-refractivity contribution in [2.75, 3.05) is 0 Å². The maximum absolute atomic E-state index is 5.67. The minimum atomic E-state index is 0.344. The van der Waals surface area contributed by atoms with Gasteiger partial charge in [-0.3, -0.25) is 16.0 Å². The fourth-order valence-electron chi connectivity index (χ4n) is 2.44. The van der Waals surface area contributed by atoms with Crippen molar-refractivity contribution >= 4 is 0 Å². The van der Waals surface area contributed by atoms with Crippen LogP contribution in [0.4, 0.5) is 0 Å². The Morgan fingerprint density at radius 3 is 2.50 bits per heavy atom. The number of nitrogens with one attached hydrogen (secondary N) is 1. The lowest BCUT2D eigenvalue weighted by atomic mass is 10.0. The zero-order chi connectivity index (χ0) is 14.8. The van der Waals surface area contributed by atoms with Crippen LogP contribution in [0.1, 0.15) is 77.5 Å². The van der Waals surface area contributed by atoms with E-state index in [9.17, 15) is 0 Å². The van der Waals surface area contributed by atoms with Crippen LogP contribution in [0.3, 0.4) is 0 Å². The highest BCUT2D eigenvalue weighted by molar-refractivity contribution is 5.01. The Balaban J connectivity index is 2.24. The molecule has 1 heterocycles. The molecule has 1 aromatic heterocycles. The monoisotopic (exact) mass is 280 g/mol. The Morgan fingerprint density at radius 1 is 1.20 bits per heavy atom. The molecule has 1 aromatic rings. The molecule has 0 aromatic carbocycles. The second kappa shape index (κ2) is 9.94. The van der Waals surface area contributed by atoms with Gasteiger partial charge in [0.2, 0.25) is 0 Å². The molecule has 4 heteroatoms. The van der Waals surface area contributed by atoms with Gasteiger partial charge in [-0.1, -0.05) is 45.4 Å². The molecule has 0 spiro atoms. The van der Waals surface area contributed by atoms with E-state index in [0.717, 1.165) is 18.5 Å². The average Bonchev–Trinajstić information content (AvgIpc) is 2.90. The molecular formula is C16H32N4. The van der Waals surface area contributed by atoms with Crippen LogP contribution < -0.4 is 11.3 Å². The Hall–Kier alpha value is -0.870. The van der Waals surface area contributed by atoms with E-state index in [1.54, 1.807) is 0 Å². The third kappa shape index (κ3) is 6.53. The van der Waals surface area contributed by atoms with E-state index in [4.69, 9.17) is 5.84 Å². The lowest BCUT2D eigenvalue weighted by Gasteiger charge is -2.14. The van der Waals surface area contributed by atoms with Gasteiger partial charge >= 0.3 is 0 Å². The van der Waals surface area contributed by atoms with Gasteiger partial charge < -0.3 is 0 Å². The number of nitrogens with two attached hydrogens (primary N) is 1. The topological polar surface area (TPSA) is 55.9 Å². The summed E-state index contributed by atoms with van der Waals surface area (Å²) in [5.74, 6) is 5.67. The second-order valence-electron chi connectivity index (χ2n) is 6.00. The molecule has 0 saturated carbocycles. The van der Waals surface area contributed by atoms with Gasteiger partial charge in [0.05, 0.1) is 5.69 Å². The van der Waals surface area contributed by atoms with Gasteiger partial charge in [-0.25, -0.2) is 0 Å². The van der Waals surface area contributed by atoms with E-state index < -0.39 is 0 Å². The van der Waals surface area contributed by atoms with Gasteiger partial charge in [0.1, 0.15) is 0 Å². The lowest BCUT2D eigenvalue weighted by Crippen LogP contribution is -2.36. The highest BCUT2D eigenvalue weighted by Gasteiger charge is 2.10. The van der Waals surface area contributed by atoms with E-state index >= 15 is 0 Å². The van der Waals surface area contributed by atoms with Crippen molar-refractivity contribution in [1.82, 2.24) is 15.2 Å². The molecule has 0 amide bonds. The highest BCUT2D eigenvalue weighted by atomic mass is 15.3. The van der Waals surface area contributed by atoms with Gasteiger partial charge in [0.15, 0.2) is 0 Å². The third-order valence-corrected chi connectivity index (χ3v) is 3.79. The zero-order valence-corrected chi connectivity index (χ0v) is 13.4. The molecule has 1 atom stereocenters. The van der Waals surface area contributed by atoms with Gasteiger partial charge in [-0.05, 0) is 26.3 Å². The van der Waals surface area contributed by atoms with Crippen LogP contribution in [0.5, 0.6) is 0 Å². The lowest BCUT2D eigenvalue weighted by molar-refractivity contribution is 0.450. The molecule has 0 fully saturated rings. The molecule has 116 valence electrons. The van der Waals surface area contributed by atoms with Crippen LogP contribution in [0.15, 0.2) is 12.3 Å². The molecule has 3 N–H and O–H groups in total. The number of hydrogen-bond acceptors (Lipinski definition) is 3. The fourth-order valence-corrected chi connectivity index (χ4v) is 2.44. The molecule has 0 saturated heterocycles. The Bertz CT molecular complexity index is 346. The summed E-state index contributed by atoms with van der Waals surface area (Å²) in [4.78, 5) is 0. The normalized spacial score (nSPS) is 13.1. The maximum Gasteiger partial charge on any atom is 0.0640 e. The quantitative estimate of drug-likeness (QED) is 0.370. The van der Waals surface area contributed by atoms with E-state index in [0.29, 0.717) is 12.1 Å². The number of unbranched alkanes of at least 4 members (excludes halogenated alkanes) is 5. The molecule has 0 bridgehead atoms. The van der Waals surface area contributed by atoms with E-state index in [-0.39, 0.29) is 0 Å². The zero-order valence-electron chi connectivity index (χ0n) is 13.4. The van der Waals surface area contributed by atoms with E-state index in [1.165, 1.54) is 38.5 Å². The summed E-state index contributed by atoms with van der Waals surface area (Å²) in [6.07, 6.45) is 12.1. The summed E-state index contributed by atoms with van der Waals surface area (Å²) in [7, 11) is 0. The summed E-state index contributed by atoms with van der Waals surface area (Å²) in [5.41, 5.74) is 4.07. The predicted molar refractivity (Wildman–Crippen MR) is 85.4 cm³/mol. The van der Waals surface area contributed by atoms with Crippen LogP contribution in [0, 0.1) is 0 Å². The van der Waals surface area contributed by atoms with Gasteiger partial charge in [0, 0.05) is 24.7 Å². The van der Waals surface area contributed by atoms with E-state index in [2.05, 4.69) is 43.6 Å². The maximum atomic E-state index is 5.67. The Labute approximate surface area is 124 Å². The summed E-state index contributed by atoms with van der Waals surface area (Å²) in [6.45, 7) is 6.54. The number of nitrogens with zero attached hydrogens (tertiary/aromatic N) is 2. The number of hydrogen-bond donors (Lipinski definition) is 2. The standard InChI is InChI=1S/C16H32N4/c1-4-5-6-7-8-9-10-15(18-17)13-16-11-12-20(19-16)14(2)3/h11-12,14-15,18H,4-10,13,17H2,1-3H3. The third-order valence-electron chi connectivity index (χ3n) is 3.79. The number of aromatic nitrogens is 2. The average molecular weight is 280 g/mol. The molecule has 0 aliphatic heterocycles.